The van der Waals surface area contributed by atoms with Crippen molar-refractivity contribution in [1.29, 1.82) is 0 Å². The largest absolute Gasteiger partial charge is 0.394 e. The van der Waals surface area contributed by atoms with Crippen LogP contribution in [-0.2, 0) is 0 Å². The molecule has 0 aromatic heterocycles. The Morgan fingerprint density at radius 3 is 2.50 bits per heavy atom. The van der Waals surface area contributed by atoms with Crippen molar-refractivity contribution in [3.63, 3.8) is 0 Å². The zero-order valence-corrected chi connectivity index (χ0v) is 5.30. The Morgan fingerprint density at radius 1 is 1.50 bits per heavy atom. The number of hydrogen-bond donors (Lipinski definition) is 2. The van der Waals surface area contributed by atoms with Gasteiger partial charge < -0.3 is 10.2 Å². The highest BCUT2D eigenvalue weighted by molar-refractivity contribution is 4.50. The summed E-state index contributed by atoms with van der Waals surface area (Å²) in [7, 11) is 0. The standard InChI is InChI=1S/C6H14O2/c1-2-3-4-6(8)5-7/h6-8H,2-5H2,1H3/t6-/m0/s1. The molecule has 0 saturated carbocycles. The fraction of sp³-hybridized carbons (Fsp3) is 1.00. The molecule has 0 fully saturated rings. The second kappa shape index (κ2) is 5.06. The van der Waals surface area contributed by atoms with Gasteiger partial charge >= 0.3 is 0 Å². The van der Waals surface area contributed by atoms with E-state index in [2.05, 4.69) is 6.92 Å². The Balaban J connectivity index is 2.86. The van der Waals surface area contributed by atoms with E-state index >= 15 is 0 Å². The van der Waals surface area contributed by atoms with Gasteiger partial charge in [-0.15, -0.1) is 0 Å². The van der Waals surface area contributed by atoms with Crippen LogP contribution >= 0.6 is 0 Å². The van der Waals surface area contributed by atoms with Crippen molar-refractivity contribution in [2.45, 2.75) is 32.3 Å². The van der Waals surface area contributed by atoms with Crippen LogP contribution in [0.15, 0.2) is 0 Å². The quantitative estimate of drug-likeness (QED) is 0.565. The Bertz CT molecular complexity index is 45.8. The third-order valence-corrected chi connectivity index (χ3v) is 1.10. The lowest BCUT2D eigenvalue weighted by atomic mass is 10.2. The molecule has 0 radical (unpaired) electrons. The molecular weight excluding hydrogens is 104 g/mol. The Labute approximate surface area is 50.2 Å². The molecule has 2 nitrogen and oxygen atoms in total. The molecule has 0 aliphatic heterocycles. The smallest absolute Gasteiger partial charge is 0.0770 e. The number of hydrogen-bond acceptors (Lipinski definition) is 2. The van der Waals surface area contributed by atoms with Gasteiger partial charge in [0.2, 0.25) is 0 Å². The molecule has 0 bridgehead atoms. The molecule has 0 aliphatic carbocycles. The number of aliphatic hydroxyl groups is 2. The lowest BCUT2D eigenvalue weighted by Crippen LogP contribution is -2.10. The van der Waals surface area contributed by atoms with Crippen LogP contribution in [0.1, 0.15) is 26.2 Å². The summed E-state index contributed by atoms with van der Waals surface area (Å²) in [6.45, 7) is 1.96. The number of rotatable bonds is 4. The molecule has 2 N–H and O–H groups in total. The normalized spacial score (nSPS) is 13.9. The van der Waals surface area contributed by atoms with Crippen LogP contribution in [0.25, 0.3) is 0 Å². The minimum absolute atomic E-state index is 0.0972. The zero-order valence-electron chi connectivity index (χ0n) is 5.30. The van der Waals surface area contributed by atoms with E-state index in [9.17, 15) is 0 Å². The van der Waals surface area contributed by atoms with Crippen molar-refractivity contribution >= 4 is 0 Å². The van der Waals surface area contributed by atoms with Crippen molar-refractivity contribution in [3.8, 4) is 0 Å². The summed E-state index contributed by atoms with van der Waals surface area (Å²) < 4.78 is 0. The molecule has 0 rings (SSSR count). The molecule has 0 aliphatic rings. The van der Waals surface area contributed by atoms with Crippen LogP contribution in [0.3, 0.4) is 0 Å². The maximum Gasteiger partial charge on any atom is 0.0770 e. The molecule has 50 valence electrons. The fourth-order valence-corrected chi connectivity index (χ4v) is 0.531. The monoisotopic (exact) mass is 118 g/mol. The van der Waals surface area contributed by atoms with E-state index in [4.69, 9.17) is 10.2 Å². The van der Waals surface area contributed by atoms with Crippen molar-refractivity contribution < 1.29 is 10.2 Å². The highest BCUT2D eigenvalue weighted by Gasteiger charge is 1.97. The number of unbranched alkanes of at least 4 members (excludes halogenated alkanes) is 1. The summed E-state index contributed by atoms with van der Waals surface area (Å²) in [6.07, 6.45) is 2.32. The second-order valence-corrected chi connectivity index (χ2v) is 1.98. The Hall–Kier alpha value is -0.0800. The molecule has 0 aromatic carbocycles. The average Bonchev–Trinajstić information content (AvgIpc) is 1.83. The molecular formula is C6H14O2. The van der Waals surface area contributed by atoms with E-state index in [-0.39, 0.29) is 6.61 Å². The van der Waals surface area contributed by atoms with Crippen LogP contribution in [-0.4, -0.2) is 22.9 Å². The Morgan fingerprint density at radius 2 is 2.12 bits per heavy atom. The highest BCUT2D eigenvalue weighted by atomic mass is 16.3. The van der Waals surface area contributed by atoms with Gasteiger partial charge in [-0.3, -0.25) is 0 Å². The van der Waals surface area contributed by atoms with Crippen LogP contribution in [0.5, 0.6) is 0 Å². The van der Waals surface area contributed by atoms with E-state index in [0.29, 0.717) is 0 Å². The van der Waals surface area contributed by atoms with E-state index in [1.165, 1.54) is 0 Å². The maximum atomic E-state index is 8.74. The molecule has 0 aromatic rings. The van der Waals surface area contributed by atoms with Gasteiger partial charge in [0.15, 0.2) is 0 Å². The van der Waals surface area contributed by atoms with Gasteiger partial charge in [-0.2, -0.15) is 0 Å². The van der Waals surface area contributed by atoms with Gasteiger partial charge in [0.05, 0.1) is 12.7 Å². The van der Waals surface area contributed by atoms with Gasteiger partial charge in [0.1, 0.15) is 0 Å². The minimum Gasteiger partial charge on any atom is -0.394 e. The van der Waals surface area contributed by atoms with E-state index in [1.807, 2.05) is 0 Å². The van der Waals surface area contributed by atoms with Crippen molar-refractivity contribution in [1.82, 2.24) is 0 Å². The SMILES string of the molecule is CCCC[C@H](O)CO. The minimum atomic E-state index is -0.491. The van der Waals surface area contributed by atoms with Gasteiger partial charge in [-0.25, -0.2) is 0 Å². The van der Waals surface area contributed by atoms with Crippen LogP contribution in [0.4, 0.5) is 0 Å². The summed E-state index contributed by atoms with van der Waals surface area (Å²) in [6, 6.07) is 0. The number of aliphatic hydroxyl groups excluding tert-OH is 2. The van der Waals surface area contributed by atoms with Crippen molar-refractivity contribution in [2.75, 3.05) is 6.61 Å². The van der Waals surface area contributed by atoms with Crippen molar-refractivity contribution in [3.05, 3.63) is 0 Å². The summed E-state index contributed by atoms with van der Waals surface area (Å²) in [5.74, 6) is 0. The summed E-state index contributed by atoms with van der Waals surface area (Å²) in [5, 5.41) is 17.1. The van der Waals surface area contributed by atoms with E-state index < -0.39 is 6.10 Å². The maximum absolute atomic E-state index is 8.74. The predicted octanol–water partition coefficient (Wildman–Crippen LogP) is 0.530. The lowest BCUT2D eigenvalue weighted by molar-refractivity contribution is 0.0865. The summed E-state index contributed by atoms with van der Waals surface area (Å²) >= 11 is 0. The molecule has 0 heterocycles. The van der Waals surface area contributed by atoms with E-state index in [0.717, 1.165) is 19.3 Å². The molecule has 0 amide bonds. The predicted molar refractivity (Wildman–Crippen MR) is 32.6 cm³/mol. The van der Waals surface area contributed by atoms with Gasteiger partial charge in [-0.05, 0) is 6.42 Å². The molecule has 0 unspecified atom stereocenters. The van der Waals surface area contributed by atoms with Crippen LogP contribution in [0, 0.1) is 0 Å². The third kappa shape index (κ3) is 4.09. The first-order valence-electron chi connectivity index (χ1n) is 3.10. The topological polar surface area (TPSA) is 40.5 Å². The lowest BCUT2D eigenvalue weighted by Gasteiger charge is -2.02. The first-order valence-corrected chi connectivity index (χ1v) is 3.10. The van der Waals surface area contributed by atoms with E-state index in [1.54, 1.807) is 0 Å². The molecule has 8 heavy (non-hydrogen) atoms. The van der Waals surface area contributed by atoms with Gasteiger partial charge in [0.25, 0.3) is 0 Å². The molecule has 0 saturated heterocycles. The van der Waals surface area contributed by atoms with Crippen molar-refractivity contribution in [2.24, 2.45) is 0 Å². The van der Waals surface area contributed by atoms with Crippen LogP contribution in [0.2, 0.25) is 0 Å². The highest BCUT2D eigenvalue weighted by Crippen LogP contribution is 1.97. The zero-order chi connectivity index (χ0) is 6.41. The fourth-order valence-electron chi connectivity index (χ4n) is 0.531. The summed E-state index contributed by atoms with van der Waals surface area (Å²) in [4.78, 5) is 0. The second-order valence-electron chi connectivity index (χ2n) is 1.98. The molecule has 1 atom stereocenters. The summed E-state index contributed by atoms with van der Waals surface area (Å²) in [5.41, 5.74) is 0. The third-order valence-electron chi connectivity index (χ3n) is 1.10. The molecule has 0 spiro atoms. The first kappa shape index (κ1) is 7.92. The first-order chi connectivity index (χ1) is 3.81. The van der Waals surface area contributed by atoms with Gasteiger partial charge in [-0.1, -0.05) is 19.8 Å². The molecule has 2 heteroatoms. The van der Waals surface area contributed by atoms with Crippen LogP contribution < -0.4 is 0 Å². The Kier molecular flexibility index (Phi) is 5.01. The van der Waals surface area contributed by atoms with Gasteiger partial charge in [0, 0.05) is 0 Å². The average molecular weight is 118 g/mol.